The molecule has 0 spiro atoms. The van der Waals surface area contributed by atoms with Crippen LogP contribution in [0.25, 0.3) is 0 Å². The van der Waals surface area contributed by atoms with E-state index in [9.17, 15) is 9.90 Å². The van der Waals surface area contributed by atoms with Gasteiger partial charge in [0.05, 0.1) is 19.8 Å². The summed E-state index contributed by atoms with van der Waals surface area (Å²) in [5, 5.41) is 9.69. The lowest BCUT2D eigenvalue weighted by molar-refractivity contribution is -0.150. The Morgan fingerprint density at radius 2 is 2.05 bits per heavy atom. The summed E-state index contributed by atoms with van der Waals surface area (Å²) in [5.41, 5.74) is 0.594. The van der Waals surface area contributed by atoms with Gasteiger partial charge in [0.2, 0.25) is 0 Å². The zero-order valence-corrected chi connectivity index (χ0v) is 11.7. The third-order valence-corrected chi connectivity index (χ3v) is 2.59. The van der Waals surface area contributed by atoms with Gasteiger partial charge < -0.3 is 19.3 Å². The number of carbonyl (C=O) groups is 1. The lowest BCUT2D eigenvalue weighted by Crippen LogP contribution is -2.26. The van der Waals surface area contributed by atoms with Crippen LogP contribution in [0.4, 0.5) is 0 Å². The minimum absolute atomic E-state index is 0.300. The standard InChI is InChI=1S/C14H20O5/c1-5-18-14(16)10(3)19-13-8-11(17-4)6-7-12(13)9(2)15/h6-10,15H,5H2,1-4H3/t9-,10?/m1/s1. The van der Waals surface area contributed by atoms with E-state index in [2.05, 4.69) is 0 Å². The van der Waals surface area contributed by atoms with Gasteiger partial charge in [-0.25, -0.2) is 4.79 Å². The van der Waals surface area contributed by atoms with Gasteiger partial charge in [-0.1, -0.05) is 0 Å². The zero-order chi connectivity index (χ0) is 14.4. The Hall–Kier alpha value is -1.75. The number of carbonyl (C=O) groups excluding carboxylic acids is 1. The summed E-state index contributed by atoms with van der Waals surface area (Å²) in [6.45, 7) is 5.26. The van der Waals surface area contributed by atoms with Gasteiger partial charge >= 0.3 is 5.97 Å². The fourth-order valence-corrected chi connectivity index (χ4v) is 1.59. The number of hydrogen-bond acceptors (Lipinski definition) is 5. The first-order chi connectivity index (χ1) is 8.99. The van der Waals surface area contributed by atoms with Crippen molar-refractivity contribution in [3.05, 3.63) is 23.8 Å². The van der Waals surface area contributed by atoms with Gasteiger partial charge in [-0.3, -0.25) is 0 Å². The summed E-state index contributed by atoms with van der Waals surface area (Å²) in [6, 6.07) is 5.07. The van der Waals surface area contributed by atoms with Crippen molar-refractivity contribution in [3.8, 4) is 11.5 Å². The molecule has 2 atom stereocenters. The Balaban J connectivity index is 2.94. The first-order valence-electron chi connectivity index (χ1n) is 6.18. The quantitative estimate of drug-likeness (QED) is 0.800. The van der Waals surface area contributed by atoms with E-state index in [1.807, 2.05) is 0 Å². The van der Waals surface area contributed by atoms with Gasteiger partial charge in [0, 0.05) is 11.6 Å². The second-order valence-electron chi connectivity index (χ2n) is 4.09. The molecule has 106 valence electrons. The van der Waals surface area contributed by atoms with Crippen molar-refractivity contribution >= 4 is 5.97 Å². The maximum atomic E-state index is 11.5. The van der Waals surface area contributed by atoms with E-state index in [4.69, 9.17) is 14.2 Å². The highest BCUT2D eigenvalue weighted by atomic mass is 16.6. The molecule has 1 aromatic carbocycles. The van der Waals surface area contributed by atoms with Crippen LogP contribution in [0, 0.1) is 0 Å². The number of ether oxygens (including phenoxy) is 3. The Labute approximate surface area is 113 Å². The molecule has 0 fully saturated rings. The van der Waals surface area contributed by atoms with E-state index in [-0.39, 0.29) is 0 Å². The summed E-state index contributed by atoms with van der Waals surface area (Å²) in [5.74, 6) is 0.562. The zero-order valence-electron chi connectivity index (χ0n) is 11.7. The monoisotopic (exact) mass is 268 g/mol. The van der Waals surface area contributed by atoms with Crippen LogP contribution >= 0.6 is 0 Å². The highest BCUT2D eigenvalue weighted by Crippen LogP contribution is 2.30. The molecule has 0 bridgehead atoms. The number of hydrogen-bond donors (Lipinski definition) is 1. The van der Waals surface area contributed by atoms with Gasteiger partial charge in [0.25, 0.3) is 0 Å². The summed E-state index contributed by atoms with van der Waals surface area (Å²) in [7, 11) is 1.54. The normalized spacial score (nSPS) is 13.5. The second-order valence-corrected chi connectivity index (χ2v) is 4.09. The Morgan fingerprint density at radius 1 is 1.37 bits per heavy atom. The van der Waals surface area contributed by atoms with Crippen LogP contribution in [0.5, 0.6) is 11.5 Å². The average molecular weight is 268 g/mol. The van der Waals surface area contributed by atoms with Gasteiger partial charge in [0.1, 0.15) is 11.5 Å². The molecule has 0 heterocycles. The SMILES string of the molecule is CCOC(=O)C(C)Oc1cc(OC)ccc1[C@@H](C)O. The lowest BCUT2D eigenvalue weighted by atomic mass is 10.1. The minimum Gasteiger partial charge on any atom is -0.497 e. The molecular formula is C14H20O5. The summed E-state index contributed by atoms with van der Waals surface area (Å²) in [6.07, 6.45) is -1.44. The largest absolute Gasteiger partial charge is 0.497 e. The van der Waals surface area contributed by atoms with Crippen LogP contribution in [0.1, 0.15) is 32.4 Å². The smallest absolute Gasteiger partial charge is 0.347 e. The Bertz CT molecular complexity index is 428. The molecule has 1 unspecified atom stereocenters. The molecule has 0 amide bonds. The Morgan fingerprint density at radius 3 is 2.58 bits per heavy atom. The number of rotatable bonds is 6. The Kier molecular flexibility index (Phi) is 5.63. The molecule has 1 N–H and O–H groups in total. The third-order valence-electron chi connectivity index (χ3n) is 2.59. The highest BCUT2D eigenvalue weighted by Gasteiger charge is 2.19. The van der Waals surface area contributed by atoms with Crippen LogP contribution in [0.15, 0.2) is 18.2 Å². The van der Waals surface area contributed by atoms with Gasteiger partial charge in [0.15, 0.2) is 6.10 Å². The number of methoxy groups -OCH3 is 1. The van der Waals surface area contributed by atoms with Crippen molar-refractivity contribution < 1.29 is 24.1 Å². The fraction of sp³-hybridized carbons (Fsp3) is 0.500. The van der Waals surface area contributed by atoms with Crippen molar-refractivity contribution in [2.45, 2.75) is 33.0 Å². The van der Waals surface area contributed by atoms with E-state index in [1.54, 1.807) is 39.0 Å². The van der Waals surface area contributed by atoms with E-state index < -0.39 is 18.2 Å². The van der Waals surface area contributed by atoms with Crippen molar-refractivity contribution in [1.29, 1.82) is 0 Å². The summed E-state index contributed by atoms with van der Waals surface area (Å²) in [4.78, 5) is 11.5. The number of aliphatic hydroxyl groups excluding tert-OH is 1. The summed E-state index contributed by atoms with van der Waals surface area (Å²) >= 11 is 0. The molecule has 0 aromatic heterocycles. The van der Waals surface area contributed by atoms with Crippen molar-refractivity contribution in [2.75, 3.05) is 13.7 Å². The molecule has 5 nitrogen and oxygen atoms in total. The van der Waals surface area contributed by atoms with E-state index in [0.29, 0.717) is 23.7 Å². The van der Waals surface area contributed by atoms with Crippen LogP contribution in [-0.4, -0.2) is 30.9 Å². The van der Waals surface area contributed by atoms with E-state index >= 15 is 0 Å². The number of benzene rings is 1. The fourth-order valence-electron chi connectivity index (χ4n) is 1.59. The van der Waals surface area contributed by atoms with Gasteiger partial charge in [-0.2, -0.15) is 0 Å². The average Bonchev–Trinajstić information content (AvgIpc) is 2.38. The molecule has 5 heteroatoms. The van der Waals surface area contributed by atoms with Crippen molar-refractivity contribution in [2.24, 2.45) is 0 Å². The molecule has 0 saturated carbocycles. The topological polar surface area (TPSA) is 65.0 Å². The van der Waals surface area contributed by atoms with Crippen molar-refractivity contribution in [1.82, 2.24) is 0 Å². The maximum absolute atomic E-state index is 11.5. The number of aliphatic hydroxyl groups is 1. The third kappa shape index (κ3) is 4.13. The number of esters is 1. The lowest BCUT2D eigenvalue weighted by Gasteiger charge is -2.18. The maximum Gasteiger partial charge on any atom is 0.347 e. The van der Waals surface area contributed by atoms with Crippen molar-refractivity contribution in [3.63, 3.8) is 0 Å². The molecule has 1 aromatic rings. The van der Waals surface area contributed by atoms with Gasteiger partial charge in [-0.15, -0.1) is 0 Å². The molecule has 19 heavy (non-hydrogen) atoms. The molecule has 0 radical (unpaired) electrons. The molecule has 1 rings (SSSR count). The molecule has 0 aliphatic heterocycles. The van der Waals surface area contributed by atoms with Crippen LogP contribution < -0.4 is 9.47 Å². The predicted octanol–water partition coefficient (Wildman–Crippen LogP) is 2.08. The van der Waals surface area contributed by atoms with Crippen LogP contribution in [-0.2, 0) is 9.53 Å². The van der Waals surface area contributed by atoms with Gasteiger partial charge in [-0.05, 0) is 32.9 Å². The van der Waals surface area contributed by atoms with Crippen LogP contribution in [0.3, 0.4) is 0 Å². The molecule has 0 aliphatic carbocycles. The second kappa shape index (κ2) is 6.99. The highest BCUT2D eigenvalue weighted by molar-refractivity contribution is 5.74. The summed E-state index contributed by atoms with van der Waals surface area (Å²) < 4.78 is 15.5. The molecule has 0 saturated heterocycles. The predicted molar refractivity (Wildman–Crippen MR) is 70.4 cm³/mol. The first kappa shape index (κ1) is 15.3. The minimum atomic E-state index is -0.746. The van der Waals surface area contributed by atoms with E-state index in [1.165, 1.54) is 7.11 Å². The van der Waals surface area contributed by atoms with Crippen LogP contribution in [0.2, 0.25) is 0 Å². The molecule has 0 aliphatic rings. The first-order valence-corrected chi connectivity index (χ1v) is 6.18. The van der Waals surface area contributed by atoms with E-state index in [0.717, 1.165) is 0 Å². The molecular weight excluding hydrogens is 248 g/mol.